The van der Waals surface area contributed by atoms with Crippen LogP contribution in [0.2, 0.25) is 0 Å². The minimum absolute atomic E-state index is 0.149. The zero-order valence-electron chi connectivity index (χ0n) is 17.0. The fourth-order valence-corrected chi connectivity index (χ4v) is 2.96. The van der Waals surface area contributed by atoms with E-state index in [-0.39, 0.29) is 5.91 Å². The van der Waals surface area contributed by atoms with Crippen molar-refractivity contribution in [3.63, 3.8) is 0 Å². The minimum atomic E-state index is -0.149. The zero-order chi connectivity index (χ0) is 21.1. The summed E-state index contributed by atoms with van der Waals surface area (Å²) in [6, 6.07) is 9.38. The number of nitrogens with one attached hydrogen (secondary N) is 2. The van der Waals surface area contributed by atoms with E-state index in [2.05, 4.69) is 25.7 Å². The minimum Gasteiger partial charge on any atom is -0.343 e. The van der Waals surface area contributed by atoms with E-state index in [1.807, 2.05) is 44.3 Å². The van der Waals surface area contributed by atoms with Crippen molar-refractivity contribution in [3.05, 3.63) is 47.3 Å². The molecule has 0 aliphatic rings. The average molecular weight is 390 g/mol. The molecule has 2 N–H and O–H groups in total. The van der Waals surface area contributed by atoms with Crippen LogP contribution in [0.1, 0.15) is 21.7 Å². The SMILES string of the molecule is CN=C(NC#N)Nc1ccc(-c2cc3nc(C(=O)N(C)C)cc(C)n3n2)c(C)c1. The predicted molar refractivity (Wildman–Crippen MR) is 112 cm³/mol. The van der Waals surface area contributed by atoms with Gasteiger partial charge in [-0.15, -0.1) is 0 Å². The number of benzene rings is 1. The second-order valence-corrected chi connectivity index (χ2v) is 6.75. The van der Waals surface area contributed by atoms with Crippen LogP contribution >= 0.6 is 0 Å². The molecular weight excluding hydrogens is 368 g/mol. The van der Waals surface area contributed by atoms with Crippen molar-refractivity contribution in [2.45, 2.75) is 13.8 Å². The van der Waals surface area contributed by atoms with E-state index < -0.39 is 0 Å². The van der Waals surface area contributed by atoms with Crippen LogP contribution in [0, 0.1) is 25.3 Å². The van der Waals surface area contributed by atoms with Crippen LogP contribution in [-0.2, 0) is 0 Å². The molecule has 0 aliphatic carbocycles. The molecule has 9 heteroatoms. The Bertz CT molecular complexity index is 1150. The molecule has 0 aliphatic heterocycles. The van der Waals surface area contributed by atoms with Gasteiger partial charge in [0.15, 0.2) is 11.8 Å². The number of aryl methyl sites for hydroxylation is 2. The van der Waals surface area contributed by atoms with Crippen molar-refractivity contribution in [2.24, 2.45) is 4.99 Å². The third kappa shape index (κ3) is 4.01. The van der Waals surface area contributed by atoms with E-state index in [1.54, 1.807) is 31.7 Å². The van der Waals surface area contributed by atoms with E-state index in [1.165, 1.54) is 4.90 Å². The number of aromatic nitrogens is 3. The Morgan fingerprint density at radius 2 is 2.00 bits per heavy atom. The number of amides is 1. The van der Waals surface area contributed by atoms with E-state index in [4.69, 9.17) is 5.26 Å². The van der Waals surface area contributed by atoms with Crippen LogP contribution in [0.25, 0.3) is 16.9 Å². The van der Waals surface area contributed by atoms with Crippen molar-refractivity contribution in [2.75, 3.05) is 26.5 Å². The van der Waals surface area contributed by atoms with Gasteiger partial charge in [0.05, 0.1) is 5.69 Å². The van der Waals surface area contributed by atoms with Gasteiger partial charge in [-0.3, -0.25) is 15.1 Å². The highest BCUT2D eigenvalue weighted by Crippen LogP contribution is 2.26. The van der Waals surface area contributed by atoms with Crippen LogP contribution in [0.4, 0.5) is 5.69 Å². The number of hydrogen-bond donors (Lipinski definition) is 2. The fraction of sp³-hybridized carbons (Fsp3) is 0.250. The number of guanidine groups is 1. The third-order valence-corrected chi connectivity index (χ3v) is 4.39. The second-order valence-electron chi connectivity index (χ2n) is 6.75. The molecule has 3 rings (SSSR count). The molecule has 2 heterocycles. The number of anilines is 1. The van der Waals surface area contributed by atoms with Gasteiger partial charge in [0.1, 0.15) is 5.69 Å². The van der Waals surface area contributed by atoms with Gasteiger partial charge in [-0.1, -0.05) is 6.07 Å². The molecule has 1 amide bonds. The third-order valence-electron chi connectivity index (χ3n) is 4.39. The lowest BCUT2D eigenvalue weighted by atomic mass is 10.1. The zero-order valence-corrected chi connectivity index (χ0v) is 17.0. The first-order valence-electron chi connectivity index (χ1n) is 8.93. The van der Waals surface area contributed by atoms with Gasteiger partial charge in [-0.2, -0.15) is 10.4 Å². The lowest BCUT2D eigenvalue weighted by Gasteiger charge is -2.10. The number of rotatable bonds is 3. The molecule has 0 atom stereocenters. The number of fused-ring (bicyclic) bond motifs is 1. The van der Waals surface area contributed by atoms with Crippen LogP contribution in [0.15, 0.2) is 35.3 Å². The fourth-order valence-electron chi connectivity index (χ4n) is 2.96. The van der Waals surface area contributed by atoms with Crippen LogP contribution < -0.4 is 10.6 Å². The first kappa shape index (κ1) is 19.8. The number of nitriles is 1. The highest BCUT2D eigenvalue weighted by molar-refractivity contribution is 5.95. The van der Waals surface area contributed by atoms with Gasteiger partial charge in [0.2, 0.25) is 5.96 Å². The molecule has 9 nitrogen and oxygen atoms in total. The molecular formula is C20H22N8O. The van der Waals surface area contributed by atoms with Gasteiger partial charge >= 0.3 is 0 Å². The molecule has 0 unspecified atom stereocenters. The molecule has 0 spiro atoms. The molecule has 0 radical (unpaired) electrons. The largest absolute Gasteiger partial charge is 0.343 e. The smallest absolute Gasteiger partial charge is 0.272 e. The van der Waals surface area contributed by atoms with Gasteiger partial charge in [0.25, 0.3) is 5.91 Å². The summed E-state index contributed by atoms with van der Waals surface area (Å²) in [5, 5.41) is 18.9. The quantitative estimate of drug-likeness (QED) is 0.307. The van der Waals surface area contributed by atoms with Gasteiger partial charge in [-0.25, -0.2) is 9.50 Å². The molecule has 2 aromatic heterocycles. The van der Waals surface area contributed by atoms with Crippen molar-refractivity contribution < 1.29 is 4.79 Å². The average Bonchev–Trinajstić information content (AvgIpc) is 3.11. The van der Waals surface area contributed by atoms with E-state index in [0.29, 0.717) is 17.3 Å². The van der Waals surface area contributed by atoms with Crippen molar-refractivity contribution in [3.8, 4) is 17.5 Å². The Labute approximate surface area is 168 Å². The molecule has 29 heavy (non-hydrogen) atoms. The summed E-state index contributed by atoms with van der Waals surface area (Å²) in [7, 11) is 4.99. The number of hydrogen-bond acceptors (Lipinski definition) is 5. The molecule has 148 valence electrons. The summed E-state index contributed by atoms with van der Waals surface area (Å²) >= 11 is 0. The van der Waals surface area contributed by atoms with E-state index >= 15 is 0 Å². The van der Waals surface area contributed by atoms with Crippen molar-refractivity contribution >= 4 is 23.2 Å². The topological polar surface area (TPSA) is 111 Å². The first-order chi connectivity index (χ1) is 13.8. The van der Waals surface area contributed by atoms with Crippen molar-refractivity contribution in [1.82, 2.24) is 24.8 Å². The van der Waals surface area contributed by atoms with Gasteiger partial charge in [0, 0.05) is 44.2 Å². The Morgan fingerprint density at radius 1 is 1.24 bits per heavy atom. The molecule has 3 aromatic rings. The highest BCUT2D eigenvalue weighted by atomic mass is 16.2. The second kappa shape index (κ2) is 7.98. The monoisotopic (exact) mass is 390 g/mol. The van der Waals surface area contributed by atoms with E-state index in [9.17, 15) is 4.79 Å². The van der Waals surface area contributed by atoms with Gasteiger partial charge in [-0.05, 0) is 37.6 Å². The van der Waals surface area contributed by atoms with Crippen LogP contribution in [-0.4, -0.2) is 52.5 Å². The normalized spacial score (nSPS) is 11.2. The molecule has 0 saturated heterocycles. The lowest BCUT2D eigenvalue weighted by molar-refractivity contribution is 0.0822. The van der Waals surface area contributed by atoms with E-state index in [0.717, 1.165) is 28.2 Å². The summed E-state index contributed by atoms with van der Waals surface area (Å²) < 4.78 is 1.73. The summed E-state index contributed by atoms with van der Waals surface area (Å²) in [5.74, 6) is 0.217. The Kier molecular flexibility index (Phi) is 5.45. The first-order valence-corrected chi connectivity index (χ1v) is 8.93. The molecule has 0 fully saturated rings. The Hall–Kier alpha value is -3.93. The van der Waals surface area contributed by atoms with Gasteiger partial charge < -0.3 is 10.2 Å². The standard InChI is InChI=1S/C20H22N8O/c1-12-8-14(24-20(22-3)23-11-21)6-7-15(12)16-10-18-25-17(19(29)27(4)5)9-13(2)28(18)26-16/h6-10H,1-5H3,(H2,22,23,24). The summed E-state index contributed by atoms with van der Waals surface area (Å²) in [5.41, 5.74) is 5.33. The maximum absolute atomic E-state index is 12.3. The maximum atomic E-state index is 12.3. The number of aliphatic imine (C=N–C) groups is 1. The summed E-state index contributed by atoms with van der Waals surface area (Å²) in [6.45, 7) is 3.87. The molecule has 1 aromatic carbocycles. The lowest BCUT2D eigenvalue weighted by Crippen LogP contribution is -2.26. The van der Waals surface area contributed by atoms with Crippen LogP contribution in [0.3, 0.4) is 0 Å². The number of nitrogens with zero attached hydrogens (tertiary/aromatic N) is 6. The Morgan fingerprint density at radius 3 is 2.62 bits per heavy atom. The van der Waals surface area contributed by atoms with Crippen molar-refractivity contribution in [1.29, 1.82) is 5.26 Å². The predicted octanol–water partition coefficient (Wildman–Crippen LogP) is 2.18. The Balaban J connectivity index is 1.97. The highest BCUT2D eigenvalue weighted by Gasteiger charge is 2.15. The number of carbonyl (C=O) groups is 1. The van der Waals surface area contributed by atoms with Crippen LogP contribution in [0.5, 0.6) is 0 Å². The summed E-state index contributed by atoms with van der Waals surface area (Å²) in [4.78, 5) is 22.2. The summed E-state index contributed by atoms with van der Waals surface area (Å²) in [6.07, 6.45) is 1.84. The molecule has 0 saturated carbocycles. The molecule has 0 bridgehead atoms. The maximum Gasteiger partial charge on any atom is 0.272 e. The number of carbonyl (C=O) groups excluding carboxylic acids is 1.